The van der Waals surface area contributed by atoms with Crippen LogP contribution >= 0.6 is 0 Å². The van der Waals surface area contributed by atoms with Gasteiger partial charge in [-0.05, 0) is 58.3 Å². The second kappa shape index (κ2) is 6.32. The van der Waals surface area contributed by atoms with Crippen LogP contribution in [-0.2, 0) is 10.0 Å². The maximum atomic E-state index is 11.9. The van der Waals surface area contributed by atoms with Crippen LogP contribution < -0.4 is 10.0 Å². The Labute approximate surface area is 110 Å². The van der Waals surface area contributed by atoms with E-state index in [-0.39, 0.29) is 11.8 Å². The van der Waals surface area contributed by atoms with Crippen molar-refractivity contribution in [3.05, 3.63) is 0 Å². The quantitative estimate of drug-likeness (QED) is 0.741. The first kappa shape index (κ1) is 14.2. The van der Waals surface area contributed by atoms with Crippen LogP contribution in [0, 0.1) is 5.92 Å². The van der Waals surface area contributed by atoms with Gasteiger partial charge in [0.15, 0.2) is 0 Å². The fourth-order valence-electron chi connectivity index (χ4n) is 2.73. The Morgan fingerprint density at radius 1 is 1.28 bits per heavy atom. The summed E-state index contributed by atoms with van der Waals surface area (Å²) in [7, 11) is -0.987. The van der Waals surface area contributed by atoms with Gasteiger partial charge in [0.2, 0.25) is 10.0 Å². The topological polar surface area (TPSA) is 61.4 Å². The van der Waals surface area contributed by atoms with Crippen LogP contribution in [-0.4, -0.2) is 58.3 Å². The van der Waals surface area contributed by atoms with E-state index in [2.05, 4.69) is 22.0 Å². The summed E-state index contributed by atoms with van der Waals surface area (Å²) in [5.41, 5.74) is 0. The van der Waals surface area contributed by atoms with Gasteiger partial charge in [-0.1, -0.05) is 0 Å². The molecular formula is C12H25N3O2S. The Bertz CT molecular complexity index is 344. The van der Waals surface area contributed by atoms with E-state index in [1.807, 2.05) is 0 Å². The van der Waals surface area contributed by atoms with E-state index in [9.17, 15) is 8.42 Å². The summed E-state index contributed by atoms with van der Waals surface area (Å²) in [6.07, 6.45) is 4.27. The van der Waals surface area contributed by atoms with Crippen molar-refractivity contribution >= 4 is 10.0 Å². The number of hydrogen-bond acceptors (Lipinski definition) is 4. The average molecular weight is 275 g/mol. The molecule has 0 saturated carbocycles. The minimum Gasteiger partial charge on any atom is -0.313 e. The number of nitrogens with one attached hydrogen (secondary N) is 2. The van der Waals surface area contributed by atoms with Crippen LogP contribution in [0.3, 0.4) is 0 Å². The number of piperidine rings is 1. The third kappa shape index (κ3) is 4.50. The van der Waals surface area contributed by atoms with Crippen LogP contribution in [0.5, 0.6) is 0 Å². The lowest BCUT2D eigenvalue weighted by molar-refractivity contribution is 0.220. The van der Waals surface area contributed by atoms with Gasteiger partial charge in [-0.25, -0.2) is 13.1 Å². The summed E-state index contributed by atoms with van der Waals surface area (Å²) in [5, 5.41) is 3.23. The molecule has 2 aliphatic rings. The highest BCUT2D eigenvalue weighted by Crippen LogP contribution is 2.15. The van der Waals surface area contributed by atoms with Crippen LogP contribution in [0.25, 0.3) is 0 Å². The van der Waals surface area contributed by atoms with Crippen molar-refractivity contribution in [2.24, 2.45) is 5.92 Å². The molecule has 0 bridgehead atoms. The zero-order valence-corrected chi connectivity index (χ0v) is 12.0. The van der Waals surface area contributed by atoms with E-state index in [0.29, 0.717) is 12.5 Å². The first-order valence-corrected chi connectivity index (χ1v) is 8.60. The van der Waals surface area contributed by atoms with E-state index in [1.165, 1.54) is 0 Å². The molecule has 2 fully saturated rings. The van der Waals surface area contributed by atoms with E-state index in [1.54, 1.807) is 0 Å². The molecule has 106 valence electrons. The van der Waals surface area contributed by atoms with Gasteiger partial charge in [0.1, 0.15) is 0 Å². The first-order valence-electron chi connectivity index (χ1n) is 6.94. The highest BCUT2D eigenvalue weighted by Gasteiger charge is 2.23. The third-order valence-corrected chi connectivity index (χ3v) is 5.46. The fourth-order valence-corrected chi connectivity index (χ4v) is 4.16. The monoisotopic (exact) mass is 275 g/mol. The molecule has 0 spiro atoms. The smallest absolute Gasteiger partial charge is 0.213 e. The molecule has 18 heavy (non-hydrogen) atoms. The largest absolute Gasteiger partial charge is 0.313 e. The average Bonchev–Trinajstić information content (AvgIpc) is 2.80. The lowest BCUT2D eigenvalue weighted by atomic mass is 9.98. The molecule has 1 unspecified atom stereocenters. The molecule has 0 aliphatic carbocycles. The molecule has 0 radical (unpaired) electrons. The summed E-state index contributed by atoms with van der Waals surface area (Å²) in [6, 6.07) is 0.153. The summed E-state index contributed by atoms with van der Waals surface area (Å²) in [4.78, 5) is 2.30. The van der Waals surface area contributed by atoms with Crippen molar-refractivity contribution < 1.29 is 8.42 Å². The van der Waals surface area contributed by atoms with Crippen molar-refractivity contribution in [2.45, 2.75) is 31.7 Å². The van der Waals surface area contributed by atoms with E-state index in [4.69, 9.17) is 0 Å². The van der Waals surface area contributed by atoms with Gasteiger partial charge in [-0.3, -0.25) is 0 Å². The molecule has 2 rings (SSSR count). The number of nitrogens with zero attached hydrogens (tertiary/aromatic N) is 1. The number of sulfonamides is 1. The standard InChI is InChI=1S/C12H25N3O2S/c1-15-7-4-11(5-8-15)9-14-18(16,17)10-12-3-2-6-13-12/h11-14H,2-10H2,1H3. The Hall–Kier alpha value is -0.170. The second-order valence-electron chi connectivity index (χ2n) is 5.67. The molecule has 0 aromatic heterocycles. The van der Waals surface area contributed by atoms with Gasteiger partial charge < -0.3 is 10.2 Å². The van der Waals surface area contributed by atoms with E-state index >= 15 is 0 Å². The molecule has 0 aromatic rings. The zero-order valence-electron chi connectivity index (χ0n) is 11.2. The lowest BCUT2D eigenvalue weighted by Gasteiger charge is -2.29. The molecule has 2 N–H and O–H groups in total. The maximum absolute atomic E-state index is 11.9. The van der Waals surface area contributed by atoms with Crippen LogP contribution in [0.2, 0.25) is 0 Å². The number of hydrogen-bond donors (Lipinski definition) is 2. The molecule has 2 aliphatic heterocycles. The number of likely N-dealkylation sites (tertiary alicyclic amines) is 1. The van der Waals surface area contributed by atoms with Crippen molar-refractivity contribution in [3.8, 4) is 0 Å². The van der Waals surface area contributed by atoms with Gasteiger partial charge in [0, 0.05) is 12.6 Å². The van der Waals surface area contributed by atoms with Crippen LogP contribution in [0.15, 0.2) is 0 Å². The lowest BCUT2D eigenvalue weighted by Crippen LogP contribution is -2.40. The Balaban J connectivity index is 1.71. The molecule has 6 heteroatoms. The van der Waals surface area contributed by atoms with Gasteiger partial charge in [0.05, 0.1) is 5.75 Å². The minimum absolute atomic E-state index is 0.153. The number of rotatable bonds is 5. The van der Waals surface area contributed by atoms with Crippen LogP contribution in [0.1, 0.15) is 25.7 Å². The highest BCUT2D eigenvalue weighted by atomic mass is 32.2. The highest BCUT2D eigenvalue weighted by molar-refractivity contribution is 7.89. The predicted molar refractivity (Wildman–Crippen MR) is 73.0 cm³/mol. The van der Waals surface area contributed by atoms with E-state index < -0.39 is 10.0 Å². The van der Waals surface area contributed by atoms with Crippen LogP contribution in [0.4, 0.5) is 0 Å². The minimum atomic E-state index is -3.10. The fraction of sp³-hybridized carbons (Fsp3) is 1.00. The molecule has 2 saturated heterocycles. The van der Waals surface area contributed by atoms with Gasteiger partial charge in [-0.2, -0.15) is 0 Å². The van der Waals surface area contributed by atoms with Crippen molar-refractivity contribution in [1.29, 1.82) is 0 Å². The summed E-state index contributed by atoms with van der Waals surface area (Å²) in [6.45, 7) is 3.73. The Morgan fingerprint density at radius 2 is 2.00 bits per heavy atom. The molecule has 0 amide bonds. The van der Waals surface area contributed by atoms with Gasteiger partial charge >= 0.3 is 0 Å². The first-order chi connectivity index (χ1) is 8.55. The third-order valence-electron chi connectivity index (χ3n) is 4.01. The predicted octanol–water partition coefficient (Wildman–Crippen LogP) is -0.000400. The second-order valence-corrected chi connectivity index (χ2v) is 7.52. The Morgan fingerprint density at radius 3 is 2.61 bits per heavy atom. The van der Waals surface area contributed by atoms with Gasteiger partial charge in [-0.15, -0.1) is 0 Å². The molecule has 2 heterocycles. The normalized spacial score (nSPS) is 27.7. The van der Waals surface area contributed by atoms with Crippen molar-refractivity contribution in [1.82, 2.24) is 14.9 Å². The maximum Gasteiger partial charge on any atom is 0.213 e. The molecule has 5 nitrogen and oxygen atoms in total. The SMILES string of the molecule is CN1CCC(CNS(=O)(=O)CC2CCCN2)CC1. The molecule has 1 atom stereocenters. The molecular weight excluding hydrogens is 250 g/mol. The summed E-state index contributed by atoms with van der Waals surface area (Å²) >= 11 is 0. The Kier molecular flexibility index (Phi) is 5.00. The van der Waals surface area contributed by atoms with Crippen molar-refractivity contribution in [2.75, 3.05) is 39.0 Å². The van der Waals surface area contributed by atoms with Crippen molar-refractivity contribution in [3.63, 3.8) is 0 Å². The van der Waals surface area contributed by atoms with Gasteiger partial charge in [0.25, 0.3) is 0 Å². The zero-order chi connectivity index (χ0) is 13.0. The summed E-state index contributed by atoms with van der Waals surface area (Å²) in [5.74, 6) is 0.743. The van der Waals surface area contributed by atoms with E-state index in [0.717, 1.165) is 45.3 Å². The summed E-state index contributed by atoms with van der Waals surface area (Å²) < 4.78 is 26.6. The molecule has 0 aromatic carbocycles.